The number of aryl methyl sites for hydroxylation is 3. The third kappa shape index (κ3) is 4.53. The fraction of sp³-hybridized carbons (Fsp3) is 0.286. The van der Waals surface area contributed by atoms with Crippen molar-refractivity contribution in [2.45, 2.75) is 39.2 Å². The molecular weight excluding hydrogens is 446 g/mol. The zero-order valence-corrected chi connectivity index (χ0v) is 20.3. The highest BCUT2D eigenvalue weighted by Gasteiger charge is 2.34. The molecule has 0 N–H and O–H groups in total. The van der Waals surface area contributed by atoms with Crippen LogP contribution in [-0.4, -0.2) is 28.6 Å². The summed E-state index contributed by atoms with van der Waals surface area (Å²) in [4.78, 5) is 19.7. The monoisotopic (exact) mass is 473 g/mol. The van der Waals surface area contributed by atoms with Gasteiger partial charge in [0.05, 0.1) is 17.6 Å². The number of fused-ring (bicyclic) bond motifs is 1. The number of hydrogen-bond donors (Lipinski definition) is 0. The third-order valence-electron chi connectivity index (χ3n) is 6.44. The van der Waals surface area contributed by atoms with Crippen LogP contribution in [0.1, 0.15) is 35.7 Å². The SMILES string of the molecule is Cc1ccc(C)c(OCCCn2c([C@@H]3CC(=O)N(c4ccc(Cl)cc4)C3)nc3ccccc32)c1. The van der Waals surface area contributed by atoms with E-state index in [1.807, 2.05) is 47.4 Å². The standard InChI is InChI=1S/C28H28ClN3O2/c1-19-8-9-20(2)26(16-19)34-15-5-14-31-25-7-4-3-6-24(25)30-28(31)21-17-27(33)32(18-21)23-12-10-22(29)11-13-23/h3-4,6-13,16,21H,5,14-15,17-18H2,1-2H3/t21-/m1/s1. The van der Waals surface area contributed by atoms with Gasteiger partial charge in [-0.1, -0.05) is 35.9 Å². The van der Waals surface area contributed by atoms with Gasteiger partial charge in [-0.3, -0.25) is 4.79 Å². The average Bonchev–Trinajstić information content (AvgIpc) is 3.40. The van der Waals surface area contributed by atoms with E-state index in [0.29, 0.717) is 24.6 Å². The Kier molecular flexibility index (Phi) is 6.29. The van der Waals surface area contributed by atoms with Gasteiger partial charge in [-0.15, -0.1) is 0 Å². The number of carbonyl (C=O) groups is 1. The number of benzene rings is 3. The molecule has 4 aromatic rings. The van der Waals surface area contributed by atoms with Crippen molar-refractivity contribution in [3.05, 3.63) is 88.7 Å². The van der Waals surface area contributed by atoms with Crippen LogP contribution in [0.25, 0.3) is 11.0 Å². The van der Waals surface area contributed by atoms with Gasteiger partial charge in [-0.25, -0.2) is 4.98 Å². The van der Waals surface area contributed by atoms with Crippen molar-refractivity contribution < 1.29 is 9.53 Å². The van der Waals surface area contributed by atoms with Crippen LogP contribution < -0.4 is 9.64 Å². The van der Waals surface area contributed by atoms with Crippen LogP contribution in [0.5, 0.6) is 5.75 Å². The Morgan fingerprint density at radius 2 is 1.85 bits per heavy atom. The summed E-state index contributed by atoms with van der Waals surface area (Å²) in [5.41, 5.74) is 5.28. The maximum absolute atomic E-state index is 12.9. The van der Waals surface area contributed by atoms with Crippen LogP contribution in [0.3, 0.4) is 0 Å². The number of imidazole rings is 1. The zero-order valence-electron chi connectivity index (χ0n) is 19.5. The molecule has 2 heterocycles. The van der Waals surface area contributed by atoms with Crippen molar-refractivity contribution in [2.24, 2.45) is 0 Å². The number of para-hydroxylation sites is 2. The second-order valence-corrected chi connectivity index (χ2v) is 9.40. The van der Waals surface area contributed by atoms with Gasteiger partial charge in [0, 0.05) is 36.1 Å². The predicted octanol–water partition coefficient (Wildman–Crippen LogP) is 6.30. The van der Waals surface area contributed by atoms with Crippen LogP contribution in [0.4, 0.5) is 5.69 Å². The first-order valence-corrected chi connectivity index (χ1v) is 12.1. The predicted molar refractivity (Wildman–Crippen MR) is 137 cm³/mol. The van der Waals surface area contributed by atoms with Crippen molar-refractivity contribution in [1.82, 2.24) is 9.55 Å². The maximum atomic E-state index is 12.9. The van der Waals surface area contributed by atoms with E-state index < -0.39 is 0 Å². The minimum atomic E-state index is 0.0375. The number of rotatable bonds is 7. The molecule has 0 spiro atoms. The molecule has 0 unspecified atom stereocenters. The quantitative estimate of drug-likeness (QED) is 0.296. The molecule has 0 radical (unpaired) electrons. The highest BCUT2D eigenvalue weighted by Crippen LogP contribution is 2.33. The molecule has 1 saturated heterocycles. The molecule has 1 aromatic heterocycles. The van der Waals surface area contributed by atoms with E-state index in [1.165, 1.54) is 5.56 Å². The van der Waals surface area contributed by atoms with E-state index in [0.717, 1.165) is 46.8 Å². The van der Waals surface area contributed by atoms with Crippen molar-refractivity contribution in [2.75, 3.05) is 18.1 Å². The van der Waals surface area contributed by atoms with E-state index in [-0.39, 0.29) is 11.8 Å². The molecule has 5 rings (SSSR count). The van der Waals surface area contributed by atoms with Crippen molar-refractivity contribution in [3.63, 3.8) is 0 Å². The lowest BCUT2D eigenvalue weighted by Gasteiger charge is -2.18. The Bertz CT molecular complexity index is 1330. The summed E-state index contributed by atoms with van der Waals surface area (Å²) in [7, 11) is 0. The highest BCUT2D eigenvalue weighted by atomic mass is 35.5. The molecule has 174 valence electrons. The van der Waals surface area contributed by atoms with Gasteiger partial charge in [0.2, 0.25) is 5.91 Å². The largest absolute Gasteiger partial charge is 0.493 e. The molecule has 6 heteroatoms. The third-order valence-corrected chi connectivity index (χ3v) is 6.69. The Morgan fingerprint density at radius 1 is 1.06 bits per heavy atom. The minimum absolute atomic E-state index is 0.0375. The van der Waals surface area contributed by atoms with E-state index in [2.05, 4.69) is 42.7 Å². The van der Waals surface area contributed by atoms with Gasteiger partial charge in [0.15, 0.2) is 0 Å². The summed E-state index contributed by atoms with van der Waals surface area (Å²) < 4.78 is 8.36. The van der Waals surface area contributed by atoms with Gasteiger partial charge in [0.25, 0.3) is 0 Å². The number of aromatic nitrogens is 2. The minimum Gasteiger partial charge on any atom is -0.493 e. The summed E-state index contributed by atoms with van der Waals surface area (Å²) in [6.07, 6.45) is 1.30. The van der Waals surface area contributed by atoms with Crippen LogP contribution in [0.15, 0.2) is 66.7 Å². The number of nitrogens with zero attached hydrogens (tertiary/aromatic N) is 3. The van der Waals surface area contributed by atoms with Crippen LogP contribution in [0, 0.1) is 13.8 Å². The van der Waals surface area contributed by atoms with E-state index in [1.54, 1.807) is 0 Å². The molecule has 1 fully saturated rings. The number of amides is 1. The fourth-order valence-corrected chi connectivity index (χ4v) is 4.79. The molecule has 1 atom stereocenters. The average molecular weight is 474 g/mol. The first kappa shape index (κ1) is 22.5. The lowest BCUT2D eigenvalue weighted by atomic mass is 10.1. The van der Waals surface area contributed by atoms with Gasteiger partial charge < -0.3 is 14.2 Å². The second kappa shape index (κ2) is 9.51. The maximum Gasteiger partial charge on any atom is 0.227 e. The fourth-order valence-electron chi connectivity index (χ4n) is 4.66. The van der Waals surface area contributed by atoms with Crippen molar-refractivity contribution in [1.29, 1.82) is 0 Å². The molecule has 34 heavy (non-hydrogen) atoms. The molecule has 0 aliphatic carbocycles. The second-order valence-electron chi connectivity index (χ2n) is 8.96. The number of ether oxygens (including phenoxy) is 1. The van der Waals surface area contributed by atoms with Crippen LogP contribution in [0.2, 0.25) is 5.02 Å². The first-order valence-electron chi connectivity index (χ1n) is 11.7. The molecule has 3 aromatic carbocycles. The van der Waals surface area contributed by atoms with Gasteiger partial charge in [0.1, 0.15) is 11.6 Å². The summed E-state index contributed by atoms with van der Waals surface area (Å²) in [5.74, 6) is 2.06. The molecule has 1 aliphatic rings. The van der Waals surface area contributed by atoms with Crippen LogP contribution in [-0.2, 0) is 11.3 Å². The highest BCUT2D eigenvalue weighted by molar-refractivity contribution is 6.30. The van der Waals surface area contributed by atoms with Gasteiger partial charge in [-0.05, 0) is 73.9 Å². The van der Waals surface area contributed by atoms with Crippen LogP contribution >= 0.6 is 11.6 Å². The van der Waals surface area contributed by atoms with Gasteiger partial charge >= 0.3 is 0 Å². The molecule has 1 aliphatic heterocycles. The lowest BCUT2D eigenvalue weighted by molar-refractivity contribution is -0.117. The lowest BCUT2D eigenvalue weighted by Crippen LogP contribution is -2.24. The normalized spacial score (nSPS) is 15.9. The molecule has 0 saturated carbocycles. The van der Waals surface area contributed by atoms with Crippen molar-refractivity contribution >= 4 is 34.2 Å². The zero-order chi connectivity index (χ0) is 23.7. The Morgan fingerprint density at radius 3 is 2.68 bits per heavy atom. The Hall–Kier alpha value is -3.31. The summed E-state index contributed by atoms with van der Waals surface area (Å²) in [5, 5.41) is 0.664. The number of carbonyl (C=O) groups excluding carboxylic acids is 1. The van der Waals surface area contributed by atoms with E-state index in [4.69, 9.17) is 21.3 Å². The number of halogens is 1. The smallest absolute Gasteiger partial charge is 0.227 e. The first-order chi connectivity index (χ1) is 16.5. The van der Waals surface area contributed by atoms with Crippen molar-refractivity contribution in [3.8, 4) is 5.75 Å². The number of anilines is 1. The molecule has 0 bridgehead atoms. The van der Waals surface area contributed by atoms with E-state index >= 15 is 0 Å². The Balaban J connectivity index is 1.34. The molecular formula is C28H28ClN3O2. The molecule has 5 nitrogen and oxygen atoms in total. The Labute approximate surface area is 204 Å². The number of hydrogen-bond acceptors (Lipinski definition) is 3. The summed E-state index contributed by atoms with van der Waals surface area (Å²) in [6.45, 7) is 6.16. The summed E-state index contributed by atoms with van der Waals surface area (Å²) >= 11 is 6.03. The van der Waals surface area contributed by atoms with Gasteiger partial charge in [-0.2, -0.15) is 0 Å². The topological polar surface area (TPSA) is 47.4 Å². The molecule has 1 amide bonds. The van der Waals surface area contributed by atoms with E-state index in [9.17, 15) is 4.79 Å². The summed E-state index contributed by atoms with van der Waals surface area (Å²) in [6, 6.07) is 21.9.